The van der Waals surface area contributed by atoms with Crippen molar-refractivity contribution in [2.45, 2.75) is 257 Å². The molecule has 0 saturated heterocycles. The van der Waals surface area contributed by atoms with E-state index in [4.69, 9.17) is 0 Å². The van der Waals surface area contributed by atoms with Crippen molar-refractivity contribution in [2.24, 2.45) is 0 Å². The largest absolute Gasteiger partial charge is 0.394 e. The standard InChI is InChI=1S/C48H91NO4/c1-3-5-7-9-11-13-15-17-19-20-21-22-23-24-25-26-28-29-31-33-35-37-39-41-45(51)43-48(53)49-46(44-50)47(52)42-40-38-36-34-32-30-27-18-16-14-12-10-8-6-4-2/h24-25,32,34,40,42,45-47,50-52H,3-23,26-31,33,35-39,41,43-44H2,1-2H3,(H,49,53)/b25-24-,34-32+,42-40+. The third kappa shape index (κ3) is 40.1. The minimum Gasteiger partial charge on any atom is -0.394 e. The van der Waals surface area contributed by atoms with Crippen molar-refractivity contribution in [3.8, 4) is 0 Å². The van der Waals surface area contributed by atoms with Crippen molar-refractivity contribution in [1.29, 1.82) is 0 Å². The van der Waals surface area contributed by atoms with Crippen molar-refractivity contribution in [2.75, 3.05) is 6.61 Å². The van der Waals surface area contributed by atoms with Crippen LogP contribution in [-0.2, 0) is 4.79 Å². The lowest BCUT2D eigenvalue weighted by molar-refractivity contribution is -0.124. The number of aliphatic hydroxyl groups excluding tert-OH is 3. The van der Waals surface area contributed by atoms with Crippen LogP contribution in [0.25, 0.3) is 0 Å². The van der Waals surface area contributed by atoms with Gasteiger partial charge in [-0.15, -0.1) is 0 Å². The van der Waals surface area contributed by atoms with E-state index in [1.165, 1.54) is 180 Å². The Bertz CT molecular complexity index is 824. The molecule has 0 aliphatic heterocycles. The SMILES string of the molecule is CCCCCCCCCCC/C=C/CC/C=C/C(O)C(CO)NC(=O)CC(O)CCCCCCCCC/C=C\CCCCCCCCCCCCCC. The van der Waals surface area contributed by atoms with E-state index in [1.807, 2.05) is 6.08 Å². The van der Waals surface area contributed by atoms with Gasteiger partial charge in [-0.3, -0.25) is 4.79 Å². The van der Waals surface area contributed by atoms with E-state index in [0.29, 0.717) is 6.42 Å². The molecule has 0 aromatic heterocycles. The van der Waals surface area contributed by atoms with Crippen LogP contribution in [0.3, 0.4) is 0 Å². The summed E-state index contributed by atoms with van der Waals surface area (Å²) in [4.78, 5) is 12.4. The first-order valence-corrected chi connectivity index (χ1v) is 23.3. The smallest absolute Gasteiger partial charge is 0.222 e. The molecule has 0 fully saturated rings. The molecule has 0 aliphatic rings. The van der Waals surface area contributed by atoms with Gasteiger partial charge in [-0.2, -0.15) is 0 Å². The zero-order chi connectivity index (χ0) is 38.7. The molecule has 0 aliphatic carbocycles. The van der Waals surface area contributed by atoms with Gasteiger partial charge in [0.25, 0.3) is 0 Å². The summed E-state index contributed by atoms with van der Waals surface area (Å²) in [5.74, 6) is -0.327. The molecule has 5 nitrogen and oxygen atoms in total. The Labute approximate surface area is 330 Å². The third-order valence-electron chi connectivity index (χ3n) is 10.6. The lowest BCUT2D eigenvalue weighted by atomic mass is 10.0. The summed E-state index contributed by atoms with van der Waals surface area (Å²) in [5, 5.41) is 33.2. The van der Waals surface area contributed by atoms with Crippen LogP contribution in [0.1, 0.15) is 239 Å². The molecule has 0 bridgehead atoms. The highest BCUT2D eigenvalue weighted by Gasteiger charge is 2.20. The number of carbonyl (C=O) groups is 1. The zero-order valence-corrected chi connectivity index (χ0v) is 35.4. The number of allylic oxidation sites excluding steroid dienone is 5. The maximum absolute atomic E-state index is 12.4. The highest BCUT2D eigenvalue weighted by molar-refractivity contribution is 5.76. The predicted molar refractivity (Wildman–Crippen MR) is 231 cm³/mol. The number of nitrogens with one attached hydrogen (secondary N) is 1. The first-order chi connectivity index (χ1) is 26.0. The molecule has 0 radical (unpaired) electrons. The molecular formula is C48H91NO4. The Hall–Kier alpha value is -1.43. The van der Waals surface area contributed by atoms with E-state index in [-0.39, 0.29) is 18.9 Å². The second kappa shape index (κ2) is 43.3. The number of carbonyl (C=O) groups excluding carboxylic acids is 1. The van der Waals surface area contributed by atoms with Crippen LogP contribution in [-0.4, -0.2) is 46.1 Å². The Kier molecular flexibility index (Phi) is 42.1. The van der Waals surface area contributed by atoms with E-state index in [1.54, 1.807) is 6.08 Å². The lowest BCUT2D eigenvalue weighted by Crippen LogP contribution is -2.45. The monoisotopic (exact) mass is 746 g/mol. The van der Waals surface area contributed by atoms with Gasteiger partial charge < -0.3 is 20.6 Å². The van der Waals surface area contributed by atoms with Crippen LogP contribution in [0.15, 0.2) is 36.5 Å². The van der Waals surface area contributed by atoms with Gasteiger partial charge in [-0.25, -0.2) is 0 Å². The van der Waals surface area contributed by atoms with Gasteiger partial charge in [0.05, 0.1) is 31.3 Å². The number of rotatable bonds is 42. The quantitative estimate of drug-likeness (QED) is 0.0370. The number of hydrogen-bond donors (Lipinski definition) is 4. The van der Waals surface area contributed by atoms with Crippen LogP contribution in [0.5, 0.6) is 0 Å². The van der Waals surface area contributed by atoms with Gasteiger partial charge in [-0.05, 0) is 57.8 Å². The van der Waals surface area contributed by atoms with Crippen LogP contribution in [0.4, 0.5) is 0 Å². The molecule has 0 spiro atoms. The highest BCUT2D eigenvalue weighted by Crippen LogP contribution is 2.15. The number of hydrogen-bond acceptors (Lipinski definition) is 4. The van der Waals surface area contributed by atoms with Crippen molar-refractivity contribution >= 4 is 5.91 Å². The van der Waals surface area contributed by atoms with E-state index < -0.39 is 18.2 Å². The Balaban J connectivity index is 3.66. The van der Waals surface area contributed by atoms with Gasteiger partial charge in [0.15, 0.2) is 0 Å². The molecule has 53 heavy (non-hydrogen) atoms. The van der Waals surface area contributed by atoms with Gasteiger partial charge >= 0.3 is 0 Å². The molecular weight excluding hydrogens is 655 g/mol. The van der Waals surface area contributed by atoms with Gasteiger partial charge in [0.2, 0.25) is 5.91 Å². The summed E-state index contributed by atoms with van der Waals surface area (Å²) in [5.41, 5.74) is 0. The number of aliphatic hydroxyl groups is 3. The average Bonchev–Trinajstić information content (AvgIpc) is 3.15. The van der Waals surface area contributed by atoms with Gasteiger partial charge in [0.1, 0.15) is 0 Å². The number of amides is 1. The van der Waals surface area contributed by atoms with Crippen LogP contribution in [0, 0.1) is 0 Å². The molecule has 1 amide bonds. The summed E-state index contributed by atoms with van der Waals surface area (Å²) < 4.78 is 0. The number of unbranched alkanes of at least 4 members (excludes halogenated alkanes) is 29. The Morgan fingerprint density at radius 1 is 0.472 bits per heavy atom. The van der Waals surface area contributed by atoms with Crippen molar-refractivity contribution in [3.05, 3.63) is 36.5 Å². The summed E-state index contributed by atoms with van der Waals surface area (Å²) in [6.07, 6.45) is 54.4. The summed E-state index contributed by atoms with van der Waals surface area (Å²) in [6.45, 7) is 4.20. The summed E-state index contributed by atoms with van der Waals surface area (Å²) in [7, 11) is 0. The van der Waals surface area contributed by atoms with Gasteiger partial charge in [0, 0.05) is 0 Å². The molecule has 5 heteroatoms. The summed E-state index contributed by atoms with van der Waals surface area (Å²) >= 11 is 0. The topological polar surface area (TPSA) is 89.8 Å². The third-order valence-corrected chi connectivity index (χ3v) is 10.6. The fraction of sp³-hybridized carbons (Fsp3) is 0.854. The second-order valence-corrected chi connectivity index (χ2v) is 16.0. The van der Waals surface area contributed by atoms with Crippen molar-refractivity contribution < 1.29 is 20.1 Å². The molecule has 312 valence electrons. The molecule has 0 heterocycles. The highest BCUT2D eigenvalue weighted by atomic mass is 16.3. The Morgan fingerprint density at radius 3 is 1.21 bits per heavy atom. The molecule has 0 aromatic rings. The fourth-order valence-corrected chi connectivity index (χ4v) is 7.06. The lowest BCUT2D eigenvalue weighted by Gasteiger charge is -2.21. The average molecular weight is 746 g/mol. The molecule has 0 aromatic carbocycles. The van der Waals surface area contributed by atoms with E-state index >= 15 is 0 Å². The van der Waals surface area contributed by atoms with Crippen LogP contribution < -0.4 is 5.32 Å². The van der Waals surface area contributed by atoms with Crippen molar-refractivity contribution in [3.63, 3.8) is 0 Å². The zero-order valence-electron chi connectivity index (χ0n) is 35.4. The molecule has 0 rings (SSSR count). The minimum absolute atomic E-state index is 0.00349. The fourth-order valence-electron chi connectivity index (χ4n) is 7.06. The van der Waals surface area contributed by atoms with Gasteiger partial charge in [-0.1, -0.05) is 211 Å². The molecule has 0 saturated carbocycles. The Morgan fingerprint density at radius 2 is 0.811 bits per heavy atom. The molecule has 3 atom stereocenters. The minimum atomic E-state index is -0.952. The van der Waals surface area contributed by atoms with E-state index in [9.17, 15) is 20.1 Å². The molecule has 4 N–H and O–H groups in total. The first-order valence-electron chi connectivity index (χ1n) is 23.3. The maximum Gasteiger partial charge on any atom is 0.222 e. The first kappa shape index (κ1) is 51.6. The predicted octanol–water partition coefficient (Wildman–Crippen LogP) is 13.5. The van der Waals surface area contributed by atoms with Crippen LogP contribution >= 0.6 is 0 Å². The normalized spacial score (nSPS) is 13.8. The van der Waals surface area contributed by atoms with E-state index in [0.717, 1.165) is 32.1 Å². The summed E-state index contributed by atoms with van der Waals surface area (Å²) in [6, 6.07) is -0.761. The second-order valence-electron chi connectivity index (χ2n) is 16.0. The molecule has 3 unspecified atom stereocenters. The maximum atomic E-state index is 12.4. The van der Waals surface area contributed by atoms with E-state index in [2.05, 4.69) is 43.5 Å². The van der Waals surface area contributed by atoms with Crippen LogP contribution in [0.2, 0.25) is 0 Å². The van der Waals surface area contributed by atoms with Crippen molar-refractivity contribution in [1.82, 2.24) is 5.32 Å².